The number of nitrogens with one attached hydrogen (secondary N) is 1. The third kappa shape index (κ3) is 4.62. The van der Waals surface area contributed by atoms with Gasteiger partial charge in [-0.3, -0.25) is 14.2 Å². The molecule has 0 radical (unpaired) electrons. The molecule has 1 aromatic carbocycles. The molecule has 194 valence electrons. The van der Waals surface area contributed by atoms with Crippen LogP contribution in [0, 0.1) is 11.2 Å². The van der Waals surface area contributed by atoms with Gasteiger partial charge in [-0.2, -0.15) is 0 Å². The fraction of sp³-hybridized carbons (Fsp3) is 0.464. The van der Waals surface area contributed by atoms with Gasteiger partial charge in [0.2, 0.25) is 0 Å². The zero-order chi connectivity index (χ0) is 25.7. The molecule has 9 heteroatoms. The van der Waals surface area contributed by atoms with Crippen molar-refractivity contribution in [2.45, 2.75) is 57.2 Å². The summed E-state index contributed by atoms with van der Waals surface area (Å²) in [7, 11) is 0. The molecule has 1 spiro atoms. The summed E-state index contributed by atoms with van der Waals surface area (Å²) in [5, 5.41) is 24.3. The number of benzene rings is 1. The van der Waals surface area contributed by atoms with Crippen LogP contribution in [-0.4, -0.2) is 62.4 Å². The molecule has 1 amide bonds. The molecule has 3 fully saturated rings. The van der Waals surface area contributed by atoms with Crippen molar-refractivity contribution in [3.05, 3.63) is 58.3 Å². The SMILES string of the molecule is O=C(NC1CC2(CC2)C1)c1c(O)c2cc(-c3ccc(F)cc3)cnc2n(CCN2CCC(O)CC2)c1=O. The topological polar surface area (TPSA) is 108 Å². The fourth-order valence-corrected chi connectivity index (χ4v) is 5.84. The Kier molecular flexibility index (Phi) is 6.00. The molecule has 2 aromatic heterocycles. The van der Waals surface area contributed by atoms with E-state index in [0.29, 0.717) is 53.5 Å². The van der Waals surface area contributed by atoms with Gasteiger partial charge in [-0.05, 0) is 67.7 Å². The number of likely N-dealkylation sites (tertiary alicyclic amines) is 1. The number of piperidine rings is 1. The third-order valence-corrected chi connectivity index (χ3v) is 8.33. The summed E-state index contributed by atoms with van der Waals surface area (Å²) < 4.78 is 14.9. The second-order valence-electron chi connectivity index (χ2n) is 10.9. The molecular formula is C28H31FN4O4. The van der Waals surface area contributed by atoms with Crippen LogP contribution in [0.25, 0.3) is 22.2 Å². The number of hydrogen-bond donors (Lipinski definition) is 3. The Morgan fingerprint density at radius 1 is 1.11 bits per heavy atom. The highest BCUT2D eigenvalue weighted by molar-refractivity contribution is 6.02. The van der Waals surface area contributed by atoms with E-state index in [1.807, 2.05) is 0 Å². The van der Waals surface area contributed by atoms with Crippen LogP contribution in [0.2, 0.25) is 0 Å². The number of aromatic hydroxyl groups is 1. The first-order valence-electron chi connectivity index (χ1n) is 13.0. The van der Waals surface area contributed by atoms with Gasteiger partial charge < -0.3 is 20.4 Å². The standard InChI is InChI=1S/C28H31FN4O4/c29-19-3-1-17(2-4-19)18-13-22-24(35)23(26(36)31-20-14-28(15-20)7-8-28)27(37)33(25(22)30-16-18)12-11-32-9-5-21(34)6-10-32/h1-4,13,16,20-21,34-35H,5-12,14-15H2,(H,31,36). The van der Waals surface area contributed by atoms with Gasteiger partial charge in [-0.25, -0.2) is 9.37 Å². The average Bonchev–Trinajstić information content (AvgIpc) is 3.66. The molecule has 2 saturated carbocycles. The van der Waals surface area contributed by atoms with Crippen LogP contribution in [0.1, 0.15) is 48.9 Å². The van der Waals surface area contributed by atoms with E-state index < -0.39 is 11.5 Å². The van der Waals surface area contributed by atoms with E-state index in [-0.39, 0.29) is 29.3 Å². The van der Waals surface area contributed by atoms with Crippen LogP contribution in [0.5, 0.6) is 5.75 Å². The quantitative estimate of drug-likeness (QED) is 0.475. The first-order valence-corrected chi connectivity index (χ1v) is 13.0. The van der Waals surface area contributed by atoms with Crippen LogP contribution in [0.4, 0.5) is 4.39 Å². The van der Waals surface area contributed by atoms with Crippen molar-refractivity contribution in [3.8, 4) is 16.9 Å². The van der Waals surface area contributed by atoms with Crippen molar-refractivity contribution < 1.29 is 19.4 Å². The summed E-state index contributed by atoms with van der Waals surface area (Å²) >= 11 is 0. The number of halogens is 1. The molecule has 3 N–H and O–H groups in total. The first kappa shape index (κ1) is 24.1. The molecule has 1 aliphatic heterocycles. The van der Waals surface area contributed by atoms with Crippen molar-refractivity contribution in [2.75, 3.05) is 19.6 Å². The van der Waals surface area contributed by atoms with Crippen molar-refractivity contribution >= 4 is 16.9 Å². The zero-order valence-electron chi connectivity index (χ0n) is 20.6. The minimum atomic E-state index is -0.568. The summed E-state index contributed by atoms with van der Waals surface area (Å²) in [6, 6.07) is 7.64. The van der Waals surface area contributed by atoms with Crippen LogP contribution in [0.3, 0.4) is 0 Å². The highest BCUT2D eigenvalue weighted by Gasteiger charge is 2.53. The van der Waals surface area contributed by atoms with E-state index in [2.05, 4.69) is 15.2 Å². The molecule has 0 bridgehead atoms. The number of aliphatic hydroxyl groups is 1. The largest absolute Gasteiger partial charge is 0.506 e. The molecule has 3 heterocycles. The molecule has 2 aliphatic carbocycles. The average molecular weight is 507 g/mol. The maximum Gasteiger partial charge on any atom is 0.268 e. The minimum Gasteiger partial charge on any atom is -0.506 e. The second kappa shape index (κ2) is 9.22. The van der Waals surface area contributed by atoms with E-state index in [1.165, 1.54) is 29.5 Å². The van der Waals surface area contributed by atoms with Gasteiger partial charge in [-0.15, -0.1) is 0 Å². The number of amides is 1. The van der Waals surface area contributed by atoms with Crippen LogP contribution >= 0.6 is 0 Å². The molecule has 1 saturated heterocycles. The highest BCUT2D eigenvalue weighted by Crippen LogP contribution is 2.60. The summed E-state index contributed by atoms with van der Waals surface area (Å²) in [6.45, 7) is 2.30. The van der Waals surface area contributed by atoms with Crippen molar-refractivity contribution in [1.82, 2.24) is 19.8 Å². The van der Waals surface area contributed by atoms with Gasteiger partial charge in [0.05, 0.1) is 11.5 Å². The number of fused-ring (bicyclic) bond motifs is 1. The van der Waals surface area contributed by atoms with Crippen LogP contribution < -0.4 is 10.9 Å². The molecule has 3 aliphatic rings. The van der Waals surface area contributed by atoms with Gasteiger partial charge >= 0.3 is 0 Å². The Labute approximate surface area is 213 Å². The Morgan fingerprint density at radius 2 is 1.81 bits per heavy atom. The molecular weight excluding hydrogens is 475 g/mol. The summed E-state index contributed by atoms with van der Waals surface area (Å²) in [5.74, 6) is -1.30. The first-order chi connectivity index (χ1) is 17.8. The molecule has 0 unspecified atom stereocenters. The smallest absolute Gasteiger partial charge is 0.268 e. The molecule has 3 aromatic rings. The number of pyridine rings is 2. The van der Waals surface area contributed by atoms with Crippen molar-refractivity contribution in [1.29, 1.82) is 0 Å². The number of carbonyl (C=O) groups is 1. The van der Waals surface area contributed by atoms with E-state index >= 15 is 0 Å². The van der Waals surface area contributed by atoms with E-state index in [4.69, 9.17) is 0 Å². The van der Waals surface area contributed by atoms with Gasteiger partial charge in [0, 0.05) is 44.0 Å². The van der Waals surface area contributed by atoms with Gasteiger partial charge in [-0.1, -0.05) is 12.1 Å². The second-order valence-corrected chi connectivity index (χ2v) is 10.9. The van der Waals surface area contributed by atoms with Crippen molar-refractivity contribution in [2.24, 2.45) is 5.41 Å². The Balaban J connectivity index is 1.37. The van der Waals surface area contributed by atoms with E-state index in [1.54, 1.807) is 24.4 Å². The monoisotopic (exact) mass is 506 g/mol. The number of rotatable bonds is 6. The lowest BCUT2D eigenvalue weighted by Crippen LogP contribution is -2.47. The number of aliphatic hydroxyl groups excluding tert-OH is 1. The van der Waals surface area contributed by atoms with Crippen LogP contribution in [0.15, 0.2) is 41.3 Å². The maximum atomic E-state index is 13.6. The van der Waals surface area contributed by atoms with E-state index in [0.717, 1.165) is 25.9 Å². The number of carbonyl (C=O) groups excluding carboxylic acids is 1. The maximum absolute atomic E-state index is 13.6. The van der Waals surface area contributed by atoms with Crippen LogP contribution in [-0.2, 0) is 6.54 Å². The predicted molar refractivity (Wildman–Crippen MR) is 137 cm³/mol. The summed E-state index contributed by atoms with van der Waals surface area (Å²) in [5.41, 5.74) is 1.19. The molecule has 8 nitrogen and oxygen atoms in total. The highest BCUT2D eigenvalue weighted by atomic mass is 19.1. The molecule has 37 heavy (non-hydrogen) atoms. The normalized spacial score (nSPS) is 19.7. The Morgan fingerprint density at radius 3 is 2.49 bits per heavy atom. The summed E-state index contributed by atoms with van der Waals surface area (Å²) in [6.07, 6.45) is 6.87. The number of nitrogens with zero attached hydrogens (tertiary/aromatic N) is 3. The zero-order valence-corrected chi connectivity index (χ0v) is 20.6. The van der Waals surface area contributed by atoms with Gasteiger partial charge in [0.1, 0.15) is 22.8 Å². The Bertz CT molecular complexity index is 1400. The number of hydrogen-bond acceptors (Lipinski definition) is 6. The Hall–Kier alpha value is -3.30. The number of aromatic nitrogens is 2. The van der Waals surface area contributed by atoms with Gasteiger partial charge in [0.15, 0.2) is 0 Å². The minimum absolute atomic E-state index is 0.0152. The predicted octanol–water partition coefficient (Wildman–Crippen LogP) is 3.04. The lowest BCUT2D eigenvalue weighted by Gasteiger charge is -2.36. The van der Waals surface area contributed by atoms with Crippen molar-refractivity contribution in [3.63, 3.8) is 0 Å². The lowest BCUT2D eigenvalue weighted by atomic mass is 9.77. The lowest BCUT2D eigenvalue weighted by molar-refractivity contribution is 0.0807. The van der Waals surface area contributed by atoms with E-state index in [9.17, 15) is 24.2 Å². The molecule has 6 rings (SSSR count). The fourth-order valence-electron chi connectivity index (χ4n) is 5.84. The third-order valence-electron chi connectivity index (χ3n) is 8.33. The van der Waals surface area contributed by atoms with Gasteiger partial charge in [0.25, 0.3) is 11.5 Å². The molecule has 0 atom stereocenters. The summed E-state index contributed by atoms with van der Waals surface area (Å²) in [4.78, 5) is 33.5.